The Hall–Kier alpha value is -2.45. The number of hydrogen-bond acceptors (Lipinski definition) is 2. The highest BCUT2D eigenvalue weighted by atomic mass is 16.3. The Morgan fingerprint density at radius 2 is 1.35 bits per heavy atom. The molecule has 1 heterocycles. The molecular formula is C18H15NO. The van der Waals surface area contributed by atoms with Gasteiger partial charge in [-0.05, 0) is 23.3 Å². The molecule has 2 aromatic carbocycles. The Labute approximate surface area is 118 Å². The molecule has 3 rings (SSSR count). The van der Waals surface area contributed by atoms with Crippen molar-refractivity contribution in [1.82, 2.24) is 4.98 Å². The van der Waals surface area contributed by atoms with Gasteiger partial charge in [0.2, 0.25) is 0 Å². The highest BCUT2D eigenvalue weighted by Gasteiger charge is 2.09. The highest BCUT2D eigenvalue weighted by Crippen LogP contribution is 2.24. The van der Waals surface area contributed by atoms with Crippen LogP contribution in [0.4, 0.5) is 0 Å². The van der Waals surface area contributed by atoms with Gasteiger partial charge >= 0.3 is 0 Å². The maximum absolute atomic E-state index is 10.3. The van der Waals surface area contributed by atoms with Crippen LogP contribution in [0.15, 0.2) is 79.0 Å². The van der Waals surface area contributed by atoms with Gasteiger partial charge in [-0.2, -0.15) is 0 Å². The number of aliphatic hydroxyl groups is 1. The van der Waals surface area contributed by atoms with Crippen LogP contribution >= 0.6 is 0 Å². The number of rotatable bonds is 3. The van der Waals surface area contributed by atoms with Crippen molar-refractivity contribution >= 4 is 0 Å². The van der Waals surface area contributed by atoms with Gasteiger partial charge in [0.05, 0.1) is 5.69 Å². The molecule has 1 unspecified atom stereocenters. The molecule has 1 aromatic heterocycles. The minimum Gasteiger partial charge on any atom is -0.384 e. The molecule has 2 heteroatoms. The smallest absolute Gasteiger partial charge is 0.104 e. The second-order valence-corrected chi connectivity index (χ2v) is 4.65. The third-order valence-corrected chi connectivity index (χ3v) is 3.30. The van der Waals surface area contributed by atoms with Crippen molar-refractivity contribution < 1.29 is 5.11 Å². The summed E-state index contributed by atoms with van der Waals surface area (Å²) >= 11 is 0. The van der Waals surface area contributed by atoms with E-state index in [-0.39, 0.29) is 0 Å². The van der Waals surface area contributed by atoms with E-state index in [1.165, 1.54) is 0 Å². The predicted octanol–water partition coefficient (Wildman–Crippen LogP) is 3.83. The minimum absolute atomic E-state index is 0.589. The van der Waals surface area contributed by atoms with Gasteiger partial charge in [-0.15, -0.1) is 0 Å². The van der Waals surface area contributed by atoms with Crippen molar-refractivity contribution in [3.63, 3.8) is 0 Å². The Bertz CT molecular complexity index is 663. The van der Waals surface area contributed by atoms with Gasteiger partial charge < -0.3 is 5.11 Å². The molecule has 20 heavy (non-hydrogen) atoms. The Morgan fingerprint density at radius 1 is 0.700 bits per heavy atom. The Balaban J connectivity index is 1.87. The topological polar surface area (TPSA) is 33.1 Å². The predicted molar refractivity (Wildman–Crippen MR) is 80.2 cm³/mol. The number of nitrogens with zero attached hydrogens (tertiary/aromatic N) is 1. The molecule has 0 bridgehead atoms. The monoisotopic (exact) mass is 261 g/mol. The summed E-state index contributed by atoms with van der Waals surface area (Å²) in [5.41, 5.74) is 3.77. The second kappa shape index (κ2) is 5.68. The summed E-state index contributed by atoms with van der Waals surface area (Å²) in [5.74, 6) is 0. The summed E-state index contributed by atoms with van der Waals surface area (Å²) in [6, 6.07) is 23.4. The van der Waals surface area contributed by atoms with Crippen molar-refractivity contribution in [2.45, 2.75) is 6.10 Å². The average molecular weight is 261 g/mol. The zero-order valence-electron chi connectivity index (χ0n) is 11.0. The molecule has 1 atom stereocenters. The Morgan fingerprint density at radius 3 is 2.00 bits per heavy atom. The fourth-order valence-corrected chi connectivity index (χ4v) is 2.20. The number of hydrogen-bond donors (Lipinski definition) is 1. The van der Waals surface area contributed by atoms with Gasteiger partial charge in [0.1, 0.15) is 6.10 Å². The molecule has 0 radical (unpaired) electrons. The van der Waals surface area contributed by atoms with Crippen LogP contribution in [0.25, 0.3) is 11.3 Å². The van der Waals surface area contributed by atoms with E-state index in [0.29, 0.717) is 0 Å². The van der Waals surface area contributed by atoms with Gasteiger partial charge in [-0.3, -0.25) is 4.98 Å². The van der Waals surface area contributed by atoms with Crippen molar-refractivity contribution in [2.75, 3.05) is 0 Å². The molecule has 0 saturated heterocycles. The first-order valence-electron chi connectivity index (χ1n) is 6.59. The summed E-state index contributed by atoms with van der Waals surface area (Å²) < 4.78 is 0. The summed E-state index contributed by atoms with van der Waals surface area (Å²) in [6.07, 6.45) is 1.19. The van der Waals surface area contributed by atoms with E-state index in [4.69, 9.17) is 0 Å². The van der Waals surface area contributed by atoms with Crippen LogP contribution in [-0.2, 0) is 0 Å². The van der Waals surface area contributed by atoms with Crippen LogP contribution in [0.1, 0.15) is 17.2 Å². The van der Waals surface area contributed by atoms with Crippen molar-refractivity contribution in [3.8, 4) is 11.3 Å². The SMILES string of the molecule is OC(c1ccccc1)c1ccc(-c2ccccn2)cc1. The summed E-state index contributed by atoms with van der Waals surface area (Å²) in [7, 11) is 0. The van der Waals surface area contributed by atoms with Gasteiger partial charge in [0, 0.05) is 11.8 Å². The van der Waals surface area contributed by atoms with Gasteiger partial charge in [0.25, 0.3) is 0 Å². The third-order valence-electron chi connectivity index (χ3n) is 3.30. The first-order valence-corrected chi connectivity index (χ1v) is 6.59. The van der Waals surface area contributed by atoms with Crippen LogP contribution in [0.5, 0.6) is 0 Å². The second-order valence-electron chi connectivity index (χ2n) is 4.65. The van der Waals surface area contributed by atoms with Crippen LogP contribution in [0.3, 0.4) is 0 Å². The molecular weight excluding hydrogens is 246 g/mol. The van der Waals surface area contributed by atoms with Gasteiger partial charge in [-0.25, -0.2) is 0 Å². The van der Waals surface area contributed by atoms with Gasteiger partial charge in [-0.1, -0.05) is 60.7 Å². The normalized spacial score (nSPS) is 12.1. The lowest BCUT2D eigenvalue weighted by molar-refractivity contribution is 0.220. The molecule has 0 amide bonds. The fourth-order valence-electron chi connectivity index (χ4n) is 2.20. The summed E-state index contributed by atoms with van der Waals surface area (Å²) in [5, 5.41) is 10.3. The van der Waals surface area contributed by atoms with E-state index in [2.05, 4.69) is 4.98 Å². The van der Waals surface area contributed by atoms with Crippen molar-refractivity contribution in [3.05, 3.63) is 90.1 Å². The zero-order chi connectivity index (χ0) is 13.8. The van der Waals surface area contributed by atoms with Crippen LogP contribution in [0, 0.1) is 0 Å². The molecule has 0 aliphatic rings. The van der Waals surface area contributed by atoms with Gasteiger partial charge in [0.15, 0.2) is 0 Å². The highest BCUT2D eigenvalue weighted by molar-refractivity contribution is 5.59. The maximum atomic E-state index is 10.3. The molecule has 3 aromatic rings. The van der Waals surface area contributed by atoms with E-state index in [1.807, 2.05) is 72.8 Å². The number of aliphatic hydroxyl groups excluding tert-OH is 1. The lowest BCUT2D eigenvalue weighted by Gasteiger charge is -2.12. The first kappa shape index (κ1) is 12.6. The molecule has 0 spiro atoms. The van der Waals surface area contributed by atoms with E-state index in [9.17, 15) is 5.11 Å². The maximum Gasteiger partial charge on any atom is 0.104 e. The van der Waals surface area contributed by atoms with Crippen LogP contribution in [-0.4, -0.2) is 10.1 Å². The van der Waals surface area contributed by atoms with Crippen LogP contribution < -0.4 is 0 Å². The largest absolute Gasteiger partial charge is 0.384 e. The van der Waals surface area contributed by atoms with E-state index >= 15 is 0 Å². The molecule has 2 nitrogen and oxygen atoms in total. The van der Waals surface area contributed by atoms with E-state index < -0.39 is 6.10 Å². The lowest BCUT2D eigenvalue weighted by Crippen LogP contribution is -1.99. The minimum atomic E-state index is -0.589. The van der Waals surface area contributed by atoms with E-state index in [1.54, 1.807) is 6.20 Å². The van der Waals surface area contributed by atoms with Crippen molar-refractivity contribution in [1.29, 1.82) is 0 Å². The molecule has 0 aliphatic carbocycles. The zero-order valence-corrected chi connectivity index (χ0v) is 11.0. The first-order chi connectivity index (χ1) is 9.84. The number of pyridine rings is 1. The lowest BCUT2D eigenvalue weighted by atomic mass is 10.00. The third kappa shape index (κ3) is 2.60. The quantitative estimate of drug-likeness (QED) is 0.777. The van der Waals surface area contributed by atoms with Crippen molar-refractivity contribution in [2.24, 2.45) is 0 Å². The average Bonchev–Trinajstić information content (AvgIpc) is 2.56. The number of benzene rings is 2. The van der Waals surface area contributed by atoms with E-state index in [0.717, 1.165) is 22.4 Å². The molecule has 0 fully saturated rings. The fraction of sp³-hybridized carbons (Fsp3) is 0.0556. The molecule has 1 N–H and O–H groups in total. The standard InChI is InChI=1S/C18H15NO/c20-18(15-6-2-1-3-7-15)16-11-9-14(10-12-16)17-8-4-5-13-19-17/h1-13,18,20H. The Kier molecular flexibility index (Phi) is 3.57. The molecule has 0 saturated carbocycles. The molecule has 98 valence electrons. The number of aromatic nitrogens is 1. The summed E-state index contributed by atoms with van der Waals surface area (Å²) in [4.78, 5) is 4.32. The molecule has 0 aliphatic heterocycles. The van der Waals surface area contributed by atoms with Crippen LogP contribution in [0.2, 0.25) is 0 Å². The summed E-state index contributed by atoms with van der Waals surface area (Å²) in [6.45, 7) is 0.